The molecule has 1 aliphatic rings. The van der Waals surface area contributed by atoms with Gasteiger partial charge in [-0.25, -0.2) is 4.98 Å². The average Bonchev–Trinajstić information content (AvgIpc) is 2.87. The van der Waals surface area contributed by atoms with Gasteiger partial charge in [-0.15, -0.1) is 11.3 Å². The van der Waals surface area contributed by atoms with E-state index in [9.17, 15) is 4.79 Å². The lowest BCUT2D eigenvalue weighted by molar-refractivity contribution is 0.102. The molecule has 1 aromatic heterocycles. The summed E-state index contributed by atoms with van der Waals surface area (Å²) in [6.45, 7) is 8.78. The minimum absolute atomic E-state index is 0.0791. The van der Waals surface area contributed by atoms with Gasteiger partial charge in [-0.2, -0.15) is 0 Å². The van der Waals surface area contributed by atoms with Gasteiger partial charge in [-0.1, -0.05) is 39.8 Å². The lowest BCUT2D eigenvalue weighted by Gasteiger charge is -2.18. The van der Waals surface area contributed by atoms with Crippen LogP contribution < -0.4 is 5.32 Å². The fourth-order valence-corrected chi connectivity index (χ4v) is 4.05. The van der Waals surface area contributed by atoms with E-state index in [4.69, 9.17) is 0 Å². The molecule has 122 valence electrons. The molecule has 0 saturated heterocycles. The number of nitrogens with one attached hydrogen (secondary N) is 1. The number of anilines is 1. The van der Waals surface area contributed by atoms with E-state index in [0.29, 0.717) is 5.56 Å². The third-order valence-electron chi connectivity index (χ3n) is 4.42. The first kappa shape index (κ1) is 16.2. The summed E-state index contributed by atoms with van der Waals surface area (Å²) in [6.07, 6.45) is 3.31. The van der Waals surface area contributed by atoms with E-state index in [1.807, 2.05) is 24.3 Å². The highest BCUT2D eigenvalue weighted by Crippen LogP contribution is 2.32. The molecule has 1 heterocycles. The topological polar surface area (TPSA) is 42.0 Å². The maximum atomic E-state index is 12.4. The Labute approximate surface area is 142 Å². The summed E-state index contributed by atoms with van der Waals surface area (Å²) in [5.74, 6) is 0.640. The molecule has 3 rings (SSSR count). The Morgan fingerprint density at radius 3 is 2.61 bits per heavy atom. The third-order valence-corrected chi connectivity index (χ3v) is 5.46. The first-order chi connectivity index (χ1) is 10.8. The van der Waals surface area contributed by atoms with E-state index >= 15 is 0 Å². The molecule has 2 aromatic rings. The molecule has 1 aromatic carbocycles. The maximum absolute atomic E-state index is 12.4. The van der Waals surface area contributed by atoms with Crippen molar-refractivity contribution in [3.05, 3.63) is 46.0 Å². The standard InChI is InChI=1S/C19H24N2OS/c1-12-5-10-15-16(11-12)23-18(20-15)21-17(22)13-6-8-14(9-7-13)19(2,3)4/h6-9,12H,5,10-11H2,1-4H3,(H,20,21,22)/t12-/m1/s1. The molecule has 1 aliphatic carbocycles. The average molecular weight is 328 g/mol. The zero-order valence-corrected chi connectivity index (χ0v) is 15.1. The summed E-state index contributed by atoms with van der Waals surface area (Å²) in [6, 6.07) is 7.85. The van der Waals surface area contributed by atoms with Crippen molar-refractivity contribution < 1.29 is 4.79 Å². The monoisotopic (exact) mass is 328 g/mol. The second-order valence-corrected chi connectivity index (χ2v) is 8.60. The third kappa shape index (κ3) is 3.63. The SMILES string of the molecule is C[C@@H]1CCc2nc(NC(=O)c3ccc(C(C)(C)C)cc3)sc2C1. The van der Waals surface area contributed by atoms with Crippen LogP contribution in [0, 0.1) is 5.92 Å². The summed E-state index contributed by atoms with van der Waals surface area (Å²) < 4.78 is 0. The second-order valence-electron chi connectivity index (χ2n) is 7.52. The van der Waals surface area contributed by atoms with Crippen molar-refractivity contribution >= 4 is 22.4 Å². The first-order valence-electron chi connectivity index (χ1n) is 8.23. The Kier molecular flexibility index (Phi) is 4.28. The van der Waals surface area contributed by atoms with Crippen LogP contribution in [-0.2, 0) is 18.3 Å². The van der Waals surface area contributed by atoms with Crippen LogP contribution in [-0.4, -0.2) is 10.9 Å². The number of aromatic nitrogens is 1. The molecule has 0 saturated carbocycles. The minimum atomic E-state index is -0.0791. The number of carbonyl (C=O) groups is 1. The Hall–Kier alpha value is -1.68. The largest absolute Gasteiger partial charge is 0.298 e. The van der Waals surface area contributed by atoms with Crippen LogP contribution in [0.2, 0.25) is 0 Å². The number of carbonyl (C=O) groups excluding carboxylic acids is 1. The summed E-state index contributed by atoms with van der Waals surface area (Å²) in [7, 11) is 0. The van der Waals surface area contributed by atoms with Crippen molar-refractivity contribution in [3.63, 3.8) is 0 Å². The van der Waals surface area contributed by atoms with E-state index in [1.165, 1.54) is 22.6 Å². The summed E-state index contributed by atoms with van der Waals surface area (Å²) in [5, 5.41) is 3.69. The number of hydrogen-bond acceptors (Lipinski definition) is 3. The maximum Gasteiger partial charge on any atom is 0.257 e. The van der Waals surface area contributed by atoms with Gasteiger partial charge in [-0.05, 0) is 48.3 Å². The fourth-order valence-electron chi connectivity index (χ4n) is 2.88. The molecule has 4 heteroatoms. The van der Waals surface area contributed by atoms with Gasteiger partial charge in [0.25, 0.3) is 5.91 Å². The lowest BCUT2D eigenvalue weighted by atomic mass is 9.87. The quantitative estimate of drug-likeness (QED) is 0.859. The molecule has 0 aliphatic heterocycles. The molecular formula is C19H24N2OS. The Balaban J connectivity index is 1.72. The molecule has 23 heavy (non-hydrogen) atoms. The molecule has 1 atom stereocenters. The zero-order chi connectivity index (χ0) is 16.6. The number of aryl methyl sites for hydroxylation is 1. The minimum Gasteiger partial charge on any atom is -0.298 e. The number of fused-ring (bicyclic) bond motifs is 1. The number of benzene rings is 1. The Bertz CT molecular complexity index is 710. The van der Waals surface area contributed by atoms with Crippen molar-refractivity contribution in [2.45, 2.75) is 52.4 Å². The number of rotatable bonds is 2. The Morgan fingerprint density at radius 2 is 1.96 bits per heavy atom. The predicted octanol–water partition coefficient (Wildman–Crippen LogP) is 4.82. The van der Waals surface area contributed by atoms with E-state index in [-0.39, 0.29) is 11.3 Å². The van der Waals surface area contributed by atoms with E-state index in [0.717, 1.165) is 23.9 Å². The van der Waals surface area contributed by atoms with Gasteiger partial charge in [-0.3, -0.25) is 10.1 Å². The van der Waals surface area contributed by atoms with E-state index in [1.54, 1.807) is 11.3 Å². The highest BCUT2D eigenvalue weighted by Gasteiger charge is 2.21. The van der Waals surface area contributed by atoms with Crippen molar-refractivity contribution in [3.8, 4) is 0 Å². The van der Waals surface area contributed by atoms with E-state index < -0.39 is 0 Å². The smallest absolute Gasteiger partial charge is 0.257 e. The molecule has 0 bridgehead atoms. The van der Waals surface area contributed by atoms with Gasteiger partial charge in [0.15, 0.2) is 5.13 Å². The van der Waals surface area contributed by atoms with Crippen LogP contribution in [0.25, 0.3) is 0 Å². The van der Waals surface area contributed by atoms with Crippen molar-refractivity contribution in [1.82, 2.24) is 4.98 Å². The molecule has 0 fully saturated rings. The van der Waals surface area contributed by atoms with Gasteiger partial charge < -0.3 is 0 Å². The normalized spacial score (nSPS) is 17.7. The van der Waals surface area contributed by atoms with Gasteiger partial charge in [0.05, 0.1) is 5.69 Å². The molecule has 1 amide bonds. The number of amides is 1. The van der Waals surface area contributed by atoms with Gasteiger partial charge in [0, 0.05) is 10.4 Å². The van der Waals surface area contributed by atoms with Gasteiger partial charge in [0.2, 0.25) is 0 Å². The summed E-state index contributed by atoms with van der Waals surface area (Å²) in [4.78, 5) is 18.3. The van der Waals surface area contributed by atoms with Crippen LogP contribution in [0.3, 0.4) is 0 Å². The van der Waals surface area contributed by atoms with Crippen LogP contribution in [0.15, 0.2) is 24.3 Å². The number of thiazole rings is 1. The highest BCUT2D eigenvalue weighted by atomic mass is 32.1. The summed E-state index contributed by atoms with van der Waals surface area (Å²) in [5.41, 5.74) is 3.18. The molecule has 0 unspecified atom stereocenters. The van der Waals surface area contributed by atoms with Crippen molar-refractivity contribution in [2.75, 3.05) is 5.32 Å². The highest BCUT2D eigenvalue weighted by molar-refractivity contribution is 7.15. The fraction of sp³-hybridized carbons (Fsp3) is 0.474. The molecular weight excluding hydrogens is 304 g/mol. The molecule has 0 spiro atoms. The Morgan fingerprint density at radius 1 is 1.26 bits per heavy atom. The molecule has 0 radical (unpaired) electrons. The van der Waals surface area contributed by atoms with Crippen LogP contribution >= 0.6 is 11.3 Å². The lowest BCUT2D eigenvalue weighted by Crippen LogP contribution is -2.14. The summed E-state index contributed by atoms with van der Waals surface area (Å²) >= 11 is 1.63. The van der Waals surface area contributed by atoms with E-state index in [2.05, 4.69) is 38.0 Å². The van der Waals surface area contributed by atoms with Gasteiger partial charge in [0.1, 0.15) is 0 Å². The van der Waals surface area contributed by atoms with Crippen LogP contribution in [0.4, 0.5) is 5.13 Å². The predicted molar refractivity (Wildman–Crippen MR) is 96.4 cm³/mol. The molecule has 1 N–H and O–H groups in total. The number of hydrogen-bond donors (Lipinski definition) is 1. The molecule has 3 nitrogen and oxygen atoms in total. The van der Waals surface area contributed by atoms with Crippen molar-refractivity contribution in [1.29, 1.82) is 0 Å². The number of nitrogens with zero attached hydrogens (tertiary/aromatic N) is 1. The first-order valence-corrected chi connectivity index (χ1v) is 9.05. The van der Waals surface area contributed by atoms with Crippen LogP contribution in [0.5, 0.6) is 0 Å². The zero-order valence-electron chi connectivity index (χ0n) is 14.3. The van der Waals surface area contributed by atoms with Crippen molar-refractivity contribution in [2.24, 2.45) is 5.92 Å². The van der Waals surface area contributed by atoms with Gasteiger partial charge >= 0.3 is 0 Å². The van der Waals surface area contributed by atoms with Crippen LogP contribution in [0.1, 0.15) is 60.6 Å². The second kappa shape index (κ2) is 6.08.